The minimum absolute atomic E-state index is 0.0357. The van der Waals surface area contributed by atoms with Crippen molar-refractivity contribution in [2.24, 2.45) is 0 Å². The molecule has 0 aliphatic rings. The molecule has 0 aliphatic heterocycles. The average Bonchev–Trinajstić information content (AvgIpc) is 2.41. The van der Waals surface area contributed by atoms with E-state index >= 15 is 0 Å². The Morgan fingerprint density at radius 3 is 2.68 bits per heavy atom. The predicted molar refractivity (Wildman–Crippen MR) is 96.8 cm³/mol. The van der Waals surface area contributed by atoms with Crippen molar-refractivity contribution >= 4 is 44.8 Å². The van der Waals surface area contributed by atoms with E-state index in [1.165, 1.54) is 0 Å². The number of carbonyl (C=O) groups excluding carboxylic acids is 1. The summed E-state index contributed by atoms with van der Waals surface area (Å²) in [4.78, 5) is 11.9. The molecule has 1 amide bonds. The molecule has 0 bridgehead atoms. The SMILES string of the molecule is Cc1cc(C)c(NCCC(=O)Nc2cccc(Br)c2)c(Cl)c1. The number of nitrogens with one attached hydrogen (secondary N) is 2. The van der Waals surface area contributed by atoms with E-state index in [-0.39, 0.29) is 5.91 Å². The van der Waals surface area contributed by atoms with Crippen molar-refractivity contribution in [2.75, 3.05) is 17.2 Å². The summed E-state index contributed by atoms with van der Waals surface area (Å²) in [5.74, 6) is -0.0357. The van der Waals surface area contributed by atoms with Crippen molar-refractivity contribution in [3.05, 3.63) is 57.0 Å². The Labute approximate surface area is 144 Å². The molecule has 0 unspecified atom stereocenters. The van der Waals surface area contributed by atoms with Crippen molar-refractivity contribution in [1.29, 1.82) is 0 Å². The first kappa shape index (κ1) is 16.8. The number of hydrogen-bond donors (Lipinski definition) is 2. The van der Waals surface area contributed by atoms with E-state index in [1.54, 1.807) is 0 Å². The molecule has 0 heterocycles. The molecule has 5 heteroatoms. The van der Waals surface area contributed by atoms with Gasteiger partial charge >= 0.3 is 0 Å². The Morgan fingerprint density at radius 1 is 1.23 bits per heavy atom. The van der Waals surface area contributed by atoms with Gasteiger partial charge < -0.3 is 10.6 Å². The molecule has 2 aromatic rings. The molecule has 22 heavy (non-hydrogen) atoms. The largest absolute Gasteiger partial charge is 0.383 e. The average molecular weight is 382 g/mol. The van der Waals surface area contributed by atoms with Gasteiger partial charge in [0.05, 0.1) is 10.7 Å². The van der Waals surface area contributed by atoms with Crippen LogP contribution in [0.5, 0.6) is 0 Å². The van der Waals surface area contributed by atoms with Crippen molar-refractivity contribution in [1.82, 2.24) is 0 Å². The van der Waals surface area contributed by atoms with Gasteiger partial charge in [-0.15, -0.1) is 0 Å². The number of hydrogen-bond acceptors (Lipinski definition) is 2. The van der Waals surface area contributed by atoms with Crippen LogP contribution in [-0.4, -0.2) is 12.5 Å². The quantitative estimate of drug-likeness (QED) is 0.751. The molecule has 0 spiro atoms. The van der Waals surface area contributed by atoms with Gasteiger partial charge in [-0.1, -0.05) is 39.7 Å². The molecule has 0 saturated carbocycles. The van der Waals surface area contributed by atoms with Crippen LogP contribution in [0.3, 0.4) is 0 Å². The smallest absolute Gasteiger partial charge is 0.226 e. The number of halogens is 2. The third kappa shape index (κ3) is 4.75. The van der Waals surface area contributed by atoms with Crippen LogP contribution in [0, 0.1) is 13.8 Å². The summed E-state index contributed by atoms with van der Waals surface area (Å²) >= 11 is 9.61. The van der Waals surface area contributed by atoms with Crippen molar-refractivity contribution < 1.29 is 4.79 Å². The van der Waals surface area contributed by atoms with E-state index < -0.39 is 0 Å². The number of benzene rings is 2. The fourth-order valence-corrected chi connectivity index (χ4v) is 3.02. The van der Waals surface area contributed by atoms with Crippen molar-refractivity contribution in [2.45, 2.75) is 20.3 Å². The molecular formula is C17H18BrClN2O. The van der Waals surface area contributed by atoms with Gasteiger partial charge in [0.15, 0.2) is 0 Å². The van der Waals surface area contributed by atoms with E-state index in [0.29, 0.717) is 18.0 Å². The van der Waals surface area contributed by atoms with Gasteiger partial charge in [-0.05, 0) is 49.2 Å². The third-order valence-electron chi connectivity index (χ3n) is 3.19. The van der Waals surface area contributed by atoms with Gasteiger partial charge in [-0.2, -0.15) is 0 Å². The molecule has 3 nitrogen and oxygen atoms in total. The Morgan fingerprint density at radius 2 is 2.00 bits per heavy atom. The summed E-state index contributed by atoms with van der Waals surface area (Å²) in [7, 11) is 0. The fraction of sp³-hybridized carbons (Fsp3) is 0.235. The number of rotatable bonds is 5. The number of carbonyl (C=O) groups is 1. The molecular weight excluding hydrogens is 364 g/mol. The Bertz CT molecular complexity index is 665. The van der Waals surface area contributed by atoms with E-state index in [9.17, 15) is 4.79 Å². The molecule has 0 fully saturated rings. The van der Waals surface area contributed by atoms with Gasteiger partial charge in [0.2, 0.25) is 5.91 Å². The highest BCUT2D eigenvalue weighted by Gasteiger charge is 2.07. The van der Waals surface area contributed by atoms with Crippen molar-refractivity contribution in [3.63, 3.8) is 0 Å². The zero-order valence-corrected chi connectivity index (χ0v) is 14.9. The summed E-state index contributed by atoms with van der Waals surface area (Å²) < 4.78 is 0.936. The number of anilines is 2. The summed E-state index contributed by atoms with van der Waals surface area (Å²) in [5, 5.41) is 6.78. The van der Waals surface area contributed by atoms with Gasteiger partial charge in [-0.3, -0.25) is 4.79 Å². The second-order valence-electron chi connectivity index (χ2n) is 5.17. The van der Waals surface area contributed by atoms with Crippen LogP contribution in [0.1, 0.15) is 17.5 Å². The second kappa shape index (κ2) is 7.65. The zero-order chi connectivity index (χ0) is 16.1. The van der Waals surface area contributed by atoms with E-state index in [2.05, 4.69) is 32.6 Å². The lowest BCUT2D eigenvalue weighted by molar-refractivity contribution is -0.115. The van der Waals surface area contributed by atoms with Crippen LogP contribution in [0.15, 0.2) is 40.9 Å². The number of amides is 1. The lowest BCUT2D eigenvalue weighted by atomic mass is 10.1. The Hall–Kier alpha value is -1.52. The standard InChI is InChI=1S/C17H18BrClN2O/c1-11-8-12(2)17(15(19)9-11)20-7-6-16(22)21-14-5-3-4-13(18)10-14/h3-5,8-10,20H,6-7H2,1-2H3,(H,21,22). The first-order valence-corrected chi connectivity index (χ1v) is 8.19. The summed E-state index contributed by atoms with van der Waals surface area (Å²) in [6.45, 7) is 4.54. The summed E-state index contributed by atoms with van der Waals surface area (Å²) in [5.41, 5.74) is 3.88. The van der Waals surface area contributed by atoms with E-state index in [0.717, 1.165) is 27.0 Å². The highest BCUT2D eigenvalue weighted by atomic mass is 79.9. The maximum Gasteiger partial charge on any atom is 0.226 e. The zero-order valence-electron chi connectivity index (χ0n) is 12.5. The second-order valence-corrected chi connectivity index (χ2v) is 6.50. The van der Waals surface area contributed by atoms with Gasteiger partial charge in [0, 0.05) is 23.1 Å². The third-order valence-corrected chi connectivity index (χ3v) is 3.99. The van der Waals surface area contributed by atoms with Gasteiger partial charge in [0.1, 0.15) is 0 Å². The highest BCUT2D eigenvalue weighted by molar-refractivity contribution is 9.10. The maximum absolute atomic E-state index is 11.9. The van der Waals surface area contributed by atoms with E-state index in [4.69, 9.17) is 11.6 Å². The number of aryl methyl sites for hydroxylation is 2. The Kier molecular flexibility index (Phi) is 5.86. The monoisotopic (exact) mass is 380 g/mol. The molecule has 2 aromatic carbocycles. The van der Waals surface area contributed by atoms with Crippen LogP contribution in [-0.2, 0) is 4.79 Å². The molecule has 2 N–H and O–H groups in total. The molecule has 0 saturated heterocycles. The molecule has 0 aliphatic carbocycles. The predicted octanol–water partition coefficient (Wildman–Crippen LogP) is 5.16. The van der Waals surface area contributed by atoms with Crippen LogP contribution in [0.2, 0.25) is 5.02 Å². The lowest BCUT2D eigenvalue weighted by Gasteiger charge is -2.12. The van der Waals surface area contributed by atoms with E-state index in [1.807, 2.05) is 44.2 Å². The minimum Gasteiger partial charge on any atom is -0.383 e. The first-order chi connectivity index (χ1) is 10.5. The first-order valence-electron chi connectivity index (χ1n) is 7.02. The molecule has 0 radical (unpaired) electrons. The minimum atomic E-state index is -0.0357. The lowest BCUT2D eigenvalue weighted by Crippen LogP contribution is -2.16. The normalized spacial score (nSPS) is 10.4. The van der Waals surface area contributed by atoms with Crippen LogP contribution in [0.4, 0.5) is 11.4 Å². The fourth-order valence-electron chi connectivity index (χ4n) is 2.23. The molecule has 0 aromatic heterocycles. The molecule has 116 valence electrons. The highest BCUT2D eigenvalue weighted by Crippen LogP contribution is 2.27. The molecule has 2 rings (SSSR count). The topological polar surface area (TPSA) is 41.1 Å². The van der Waals surface area contributed by atoms with Crippen LogP contribution >= 0.6 is 27.5 Å². The van der Waals surface area contributed by atoms with Gasteiger partial charge in [0.25, 0.3) is 0 Å². The van der Waals surface area contributed by atoms with Crippen molar-refractivity contribution in [3.8, 4) is 0 Å². The van der Waals surface area contributed by atoms with Crippen LogP contribution < -0.4 is 10.6 Å². The molecule has 0 atom stereocenters. The maximum atomic E-state index is 11.9. The van der Waals surface area contributed by atoms with Crippen LogP contribution in [0.25, 0.3) is 0 Å². The Balaban J connectivity index is 1.87. The summed E-state index contributed by atoms with van der Waals surface area (Å²) in [6.07, 6.45) is 0.371. The summed E-state index contributed by atoms with van der Waals surface area (Å²) in [6, 6.07) is 11.5. The van der Waals surface area contributed by atoms with Gasteiger partial charge in [-0.25, -0.2) is 0 Å².